The predicted molar refractivity (Wildman–Crippen MR) is 34.6 cm³/mol. The standard InChI is InChI=1S/C6H8N2O2/c1-4-2-5(8-10-4)6(9)3-7/h2H,3,7H2,1H3. The number of nitrogens with two attached hydrogens (primary N) is 1. The molecule has 0 aliphatic heterocycles. The molecule has 0 saturated heterocycles. The molecular weight excluding hydrogens is 132 g/mol. The smallest absolute Gasteiger partial charge is 0.198 e. The van der Waals surface area contributed by atoms with Crippen molar-refractivity contribution in [1.82, 2.24) is 5.16 Å². The maximum Gasteiger partial charge on any atom is 0.198 e. The van der Waals surface area contributed by atoms with E-state index < -0.39 is 0 Å². The quantitative estimate of drug-likeness (QED) is 0.592. The summed E-state index contributed by atoms with van der Waals surface area (Å²) in [6.45, 7) is 1.70. The second-order valence-electron chi connectivity index (χ2n) is 1.95. The molecule has 0 aliphatic rings. The Morgan fingerprint density at radius 2 is 2.60 bits per heavy atom. The number of hydrogen-bond acceptors (Lipinski definition) is 4. The van der Waals surface area contributed by atoms with Crippen molar-refractivity contribution >= 4 is 5.78 Å². The summed E-state index contributed by atoms with van der Waals surface area (Å²) < 4.78 is 4.66. The first-order valence-electron chi connectivity index (χ1n) is 2.90. The van der Waals surface area contributed by atoms with Gasteiger partial charge in [-0.1, -0.05) is 5.16 Å². The van der Waals surface area contributed by atoms with Crippen LogP contribution in [0.3, 0.4) is 0 Å². The zero-order valence-electron chi connectivity index (χ0n) is 5.63. The van der Waals surface area contributed by atoms with Crippen LogP contribution >= 0.6 is 0 Å². The van der Waals surface area contributed by atoms with Gasteiger partial charge >= 0.3 is 0 Å². The van der Waals surface area contributed by atoms with Crippen molar-refractivity contribution in [2.45, 2.75) is 6.92 Å². The third kappa shape index (κ3) is 1.22. The van der Waals surface area contributed by atoms with Crippen molar-refractivity contribution in [3.63, 3.8) is 0 Å². The Labute approximate surface area is 58.0 Å². The summed E-state index contributed by atoms with van der Waals surface area (Å²) in [6.07, 6.45) is 0. The van der Waals surface area contributed by atoms with Crippen LogP contribution in [0.1, 0.15) is 16.2 Å². The molecule has 0 atom stereocenters. The second kappa shape index (κ2) is 2.62. The molecule has 0 saturated carbocycles. The van der Waals surface area contributed by atoms with Crippen LogP contribution in [0.15, 0.2) is 10.6 Å². The number of aryl methyl sites for hydroxylation is 1. The predicted octanol–water partition coefficient (Wildman–Crippen LogP) is 0.124. The molecule has 1 aromatic rings. The van der Waals surface area contributed by atoms with Gasteiger partial charge in [0.05, 0.1) is 6.54 Å². The average Bonchev–Trinajstić information content (AvgIpc) is 2.34. The molecule has 0 bridgehead atoms. The van der Waals surface area contributed by atoms with Crippen molar-refractivity contribution < 1.29 is 9.32 Å². The summed E-state index contributed by atoms with van der Waals surface area (Å²) in [5.41, 5.74) is 5.39. The lowest BCUT2D eigenvalue weighted by Gasteiger charge is -1.84. The first kappa shape index (κ1) is 6.95. The molecule has 0 fully saturated rings. The molecule has 1 heterocycles. The molecular formula is C6H8N2O2. The van der Waals surface area contributed by atoms with Crippen molar-refractivity contribution in [2.75, 3.05) is 6.54 Å². The van der Waals surface area contributed by atoms with Crippen LogP contribution in [0.5, 0.6) is 0 Å². The molecule has 2 N–H and O–H groups in total. The third-order valence-electron chi connectivity index (χ3n) is 1.10. The summed E-state index contributed by atoms with van der Waals surface area (Å²) in [4.78, 5) is 10.8. The summed E-state index contributed by atoms with van der Waals surface area (Å²) >= 11 is 0. The SMILES string of the molecule is Cc1cc(C(=O)CN)no1. The zero-order chi connectivity index (χ0) is 7.56. The van der Waals surface area contributed by atoms with Crippen molar-refractivity contribution in [3.8, 4) is 0 Å². The Kier molecular flexibility index (Phi) is 1.82. The van der Waals surface area contributed by atoms with Gasteiger partial charge in [-0.25, -0.2) is 0 Å². The van der Waals surface area contributed by atoms with E-state index in [1.807, 2.05) is 0 Å². The van der Waals surface area contributed by atoms with Gasteiger partial charge in [0.25, 0.3) is 0 Å². The lowest BCUT2D eigenvalue weighted by molar-refractivity contribution is 0.0993. The van der Waals surface area contributed by atoms with E-state index >= 15 is 0 Å². The van der Waals surface area contributed by atoms with Gasteiger partial charge < -0.3 is 10.3 Å². The van der Waals surface area contributed by atoms with E-state index in [2.05, 4.69) is 9.68 Å². The maximum atomic E-state index is 10.8. The highest BCUT2D eigenvalue weighted by Crippen LogP contribution is 2.00. The van der Waals surface area contributed by atoms with Crippen LogP contribution in [-0.4, -0.2) is 17.5 Å². The fourth-order valence-electron chi connectivity index (χ4n) is 0.602. The number of hydrogen-bond donors (Lipinski definition) is 1. The number of ketones is 1. The minimum atomic E-state index is -0.197. The van der Waals surface area contributed by atoms with E-state index in [-0.39, 0.29) is 12.3 Å². The molecule has 4 nitrogen and oxygen atoms in total. The van der Waals surface area contributed by atoms with Crippen molar-refractivity contribution in [3.05, 3.63) is 17.5 Å². The topological polar surface area (TPSA) is 69.1 Å². The molecule has 0 unspecified atom stereocenters. The van der Waals surface area contributed by atoms with Gasteiger partial charge in [0.1, 0.15) is 5.76 Å². The van der Waals surface area contributed by atoms with Gasteiger partial charge in [-0.15, -0.1) is 0 Å². The Morgan fingerprint density at radius 3 is 3.00 bits per heavy atom. The van der Waals surface area contributed by atoms with Crippen LogP contribution in [0, 0.1) is 6.92 Å². The Balaban J connectivity index is 2.85. The van der Waals surface area contributed by atoms with E-state index in [1.165, 1.54) is 0 Å². The maximum absolute atomic E-state index is 10.8. The molecule has 0 radical (unpaired) electrons. The van der Waals surface area contributed by atoms with Gasteiger partial charge in [0.15, 0.2) is 11.5 Å². The van der Waals surface area contributed by atoms with Crippen molar-refractivity contribution in [1.29, 1.82) is 0 Å². The summed E-state index contributed by atoms with van der Waals surface area (Å²) in [5.74, 6) is 0.425. The number of aromatic nitrogens is 1. The largest absolute Gasteiger partial charge is 0.361 e. The molecule has 0 spiro atoms. The molecule has 1 aromatic heterocycles. The lowest BCUT2D eigenvalue weighted by Crippen LogP contribution is -2.13. The molecule has 10 heavy (non-hydrogen) atoms. The number of nitrogens with zero attached hydrogens (tertiary/aromatic N) is 1. The zero-order valence-corrected chi connectivity index (χ0v) is 5.63. The Hall–Kier alpha value is -1.16. The highest BCUT2D eigenvalue weighted by molar-refractivity contribution is 5.95. The summed E-state index contributed by atoms with van der Waals surface area (Å²) in [7, 11) is 0. The van der Waals surface area contributed by atoms with Crippen LogP contribution in [-0.2, 0) is 0 Å². The fraction of sp³-hybridized carbons (Fsp3) is 0.333. The van der Waals surface area contributed by atoms with Crippen LogP contribution < -0.4 is 5.73 Å². The van der Waals surface area contributed by atoms with E-state index in [0.717, 1.165) is 0 Å². The van der Waals surface area contributed by atoms with E-state index in [4.69, 9.17) is 5.73 Å². The van der Waals surface area contributed by atoms with Gasteiger partial charge in [-0.05, 0) is 6.92 Å². The average molecular weight is 140 g/mol. The fourth-order valence-corrected chi connectivity index (χ4v) is 0.602. The van der Waals surface area contributed by atoms with Crippen molar-refractivity contribution in [2.24, 2.45) is 5.73 Å². The minimum Gasteiger partial charge on any atom is -0.361 e. The Morgan fingerprint density at radius 1 is 1.90 bits per heavy atom. The highest BCUT2D eigenvalue weighted by Gasteiger charge is 2.07. The van der Waals surface area contributed by atoms with E-state index in [9.17, 15) is 4.79 Å². The number of Topliss-reactive ketones (excluding diaryl/α,β-unsaturated/α-hetero) is 1. The summed E-state index contributed by atoms with van der Waals surface area (Å²) in [5, 5.41) is 3.48. The molecule has 1 rings (SSSR count). The molecule has 0 amide bonds. The van der Waals surface area contributed by atoms with Gasteiger partial charge in [0, 0.05) is 6.07 Å². The molecule has 0 aliphatic carbocycles. The van der Waals surface area contributed by atoms with Crippen LogP contribution in [0.25, 0.3) is 0 Å². The van der Waals surface area contributed by atoms with E-state index in [1.54, 1.807) is 13.0 Å². The lowest BCUT2D eigenvalue weighted by atomic mass is 10.3. The number of carbonyl (C=O) groups excluding carboxylic acids is 1. The first-order chi connectivity index (χ1) is 4.74. The summed E-state index contributed by atoms with van der Waals surface area (Å²) in [6, 6.07) is 1.56. The third-order valence-corrected chi connectivity index (χ3v) is 1.10. The minimum absolute atomic E-state index is 0.0219. The van der Waals surface area contributed by atoms with Gasteiger partial charge in [-0.3, -0.25) is 4.79 Å². The van der Waals surface area contributed by atoms with Gasteiger partial charge in [-0.2, -0.15) is 0 Å². The molecule has 0 aromatic carbocycles. The van der Waals surface area contributed by atoms with Crippen LogP contribution in [0.2, 0.25) is 0 Å². The van der Waals surface area contributed by atoms with Gasteiger partial charge in [0.2, 0.25) is 0 Å². The normalized spacial score (nSPS) is 9.80. The first-order valence-corrected chi connectivity index (χ1v) is 2.90. The second-order valence-corrected chi connectivity index (χ2v) is 1.95. The Bertz CT molecular complexity index is 242. The van der Waals surface area contributed by atoms with E-state index in [0.29, 0.717) is 11.5 Å². The number of carbonyl (C=O) groups is 1. The highest BCUT2D eigenvalue weighted by atomic mass is 16.5. The number of rotatable bonds is 2. The molecule has 4 heteroatoms. The van der Waals surface area contributed by atoms with Crippen LogP contribution in [0.4, 0.5) is 0 Å². The monoisotopic (exact) mass is 140 g/mol. The molecule has 54 valence electrons.